The Labute approximate surface area is 127 Å². The molecule has 1 aromatic rings. The van der Waals surface area contributed by atoms with Crippen LogP contribution in [0.1, 0.15) is 56.2 Å². The molecule has 1 aromatic carbocycles. The fourth-order valence-corrected chi connectivity index (χ4v) is 2.82. The summed E-state index contributed by atoms with van der Waals surface area (Å²) >= 11 is 0. The zero-order valence-corrected chi connectivity index (χ0v) is 12.7. The van der Waals surface area contributed by atoms with Crippen LogP contribution in [0.25, 0.3) is 0 Å². The molecule has 0 spiro atoms. The van der Waals surface area contributed by atoms with E-state index in [1.54, 1.807) is 0 Å². The molecule has 1 amide bonds. The number of carbonyl (C=O) groups excluding carboxylic acids is 1. The molecule has 0 aromatic heterocycles. The average Bonchev–Trinajstić information content (AvgIpc) is 2.54. The van der Waals surface area contributed by atoms with Crippen molar-refractivity contribution in [3.63, 3.8) is 0 Å². The lowest BCUT2D eigenvalue weighted by molar-refractivity contribution is -0.126. The van der Waals surface area contributed by atoms with Crippen molar-refractivity contribution in [1.29, 1.82) is 0 Å². The third-order valence-electron chi connectivity index (χ3n) is 4.06. The molecule has 1 unspecified atom stereocenters. The first-order valence-electron chi connectivity index (χ1n) is 7.80. The third kappa shape index (κ3) is 4.61. The highest BCUT2D eigenvalue weighted by Gasteiger charge is 2.22. The molecule has 1 atom stereocenters. The van der Waals surface area contributed by atoms with Gasteiger partial charge in [0.05, 0.1) is 12.6 Å². The summed E-state index contributed by atoms with van der Waals surface area (Å²) in [5.74, 6) is 6.27. The number of amides is 1. The van der Waals surface area contributed by atoms with Crippen molar-refractivity contribution in [2.75, 3.05) is 6.54 Å². The van der Waals surface area contributed by atoms with Crippen LogP contribution in [0.15, 0.2) is 24.3 Å². The van der Waals surface area contributed by atoms with Crippen LogP contribution in [0, 0.1) is 17.8 Å². The van der Waals surface area contributed by atoms with Crippen LogP contribution in [-0.2, 0) is 4.79 Å². The van der Waals surface area contributed by atoms with Gasteiger partial charge in [-0.3, -0.25) is 4.79 Å². The summed E-state index contributed by atoms with van der Waals surface area (Å²) in [6, 6.07) is 7.99. The number of benzene rings is 1. The number of nitrogens with two attached hydrogens (primary N) is 1. The molecular formula is C18H24N2O. The Morgan fingerprint density at radius 2 is 2.14 bits per heavy atom. The molecule has 112 valence electrons. The van der Waals surface area contributed by atoms with Gasteiger partial charge in [0.1, 0.15) is 0 Å². The van der Waals surface area contributed by atoms with Gasteiger partial charge in [0.15, 0.2) is 0 Å². The summed E-state index contributed by atoms with van der Waals surface area (Å²) < 4.78 is 0. The first-order valence-corrected chi connectivity index (χ1v) is 7.80. The van der Waals surface area contributed by atoms with Crippen molar-refractivity contribution >= 4 is 5.91 Å². The summed E-state index contributed by atoms with van der Waals surface area (Å²) in [7, 11) is 0. The van der Waals surface area contributed by atoms with Gasteiger partial charge in [0.25, 0.3) is 0 Å². The van der Waals surface area contributed by atoms with E-state index in [0.717, 1.165) is 24.0 Å². The second kappa shape index (κ2) is 7.85. The van der Waals surface area contributed by atoms with Gasteiger partial charge in [-0.05, 0) is 37.5 Å². The van der Waals surface area contributed by atoms with Crippen LogP contribution in [0.3, 0.4) is 0 Å². The Kier molecular flexibility index (Phi) is 5.83. The minimum absolute atomic E-state index is 0.0130. The van der Waals surface area contributed by atoms with Crippen molar-refractivity contribution in [3.8, 4) is 11.8 Å². The van der Waals surface area contributed by atoms with Crippen LogP contribution >= 0.6 is 0 Å². The molecule has 2 rings (SSSR count). The predicted octanol–water partition coefficient (Wildman–Crippen LogP) is 2.75. The van der Waals surface area contributed by atoms with Crippen LogP contribution in [0.2, 0.25) is 0 Å². The maximum atomic E-state index is 12.3. The van der Waals surface area contributed by atoms with Gasteiger partial charge in [-0.15, -0.1) is 0 Å². The van der Waals surface area contributed by atoms with Gasteiger partial charge in [0.2, 0.25) is 5.91 Å². The number of rotatable bonds is 3. The topological polar surface area (TPSA) is 55.1 Å². The highest BCUT2D eigenvalue weighted by Crippen LogP contribution is 2.24. The van der Waals surface area contributed by atoms with E-state index in [1.165, 1.54) is 19.3 Å². The fourth-order valence-electron chi connectivity index (χ4n) is 2.82. The van der Waals surface area contributed by atoms with E-state index in [-0.39, 0.29) is 17.9 Å². The van der Waals surface area contributed by atoms with Crippen molar-refractivity contribution in [1.82, 2.24) is 5.32 Å². The summed E-state index contributed by atoms with van der Waals surface area (Å²) in [6.07, 6.45) is 5.68. The smallest absolute Gasteiger partial charge is 0.223 e. The number of hydrogen-bond acceptors (Lipinski definition) is 2. The molecule has 1 fully saturated rings. The lowest BCUT2D eigenvalue weighted by Crippen LogP contribution is -2.33. The second-order valence-corrected chi connectivity index (χ2v) is 5.70. The summed E-state index contributed by atoms with van der Waals surface area (Å²) in [4.78, 5) is 12.3. The Bertz CT molecular complexity index is 536. The number of hydrogen-bond donors (Lipinski definition) is 2. The molecule has 0 heterocycles. The van der Waals surface area contributed by atoms with E-state index in [9.17, 15) is 4.79 Å². The zero-order valence-electron chi connectivity index (χ0n) is 12.7. The highest BCUT2D eigenvalue weighted by atomic mass is 16.1. The lowest BCUT2D eigenvalue weighted by Gasteiger charge is -2.23. The second-order valence-electron chi connectivity index (χ2n) is 5.70. The molecule has 1 aliphatic rings. The van der Waals surface area contributed by atoms with Crippen molar-refractivity contribution < 1.29 is 4.79 Å². The van der Waals surface area contributed by atoms with Crippen molar-refractivity contribution in [2.45, 2.75) is 45.1 Å². The van der Waals surface area contributed by atoms with Gasteiger partial charge in [-0.25, -0.2) is 0 Å². The minimum Gasteiger partial charge on any atom is -0.349 e. The molecule has 1 saturated carbocycles. The van der Waals surface area contributed by atoms with Gasteiger partial charge in [-0.2, -0.15) is 0 Å². The quantitative estimate of drug-likeness (QED) is 0.839. The van der Waals surface area contributed by atoms with Crippen LogP contribution in [0.4, 0.5) is 0 Å². The highest BCUT2D eigenvalue weighted by molar-refractivity contribution is 5.79. The minimum atomic E-state index is 0.0130. The molecule has 21 heavy (non-hydrogen) atoms. The molecule has 1 aliphatic carbocycles. The third-order valence-corrected chi connectivity index (χ3v) is 4.06. The SMILES string of the molecule is CC(NC(=O)C1CCCCC1)c1cccc(C#CCN)c1. The monoisotopic (exact) mass is 284 g/mol. The van der Waals surface area contributed by atoms with Gasteiger partial charge >= 0.3 is 0 Å². The molecule has 3 heteroatoms. The first kappa shape index (κ1) is 15.6. The molecule has 0 bridgehead atoms. The van der Waals surface area contributed by atoms with Crippen molar-refractivity contribution in [3.05, 3.63) is 35.4 Å². The Balaban J connectivity index is 1.99. The fraction of sp³-hybridized carbons (Fsp3) is 0.500. The van der Waals surface area contributed by atoms with E-state index in [1.807, 2.05) is 31.2 Å². The molecular weight excluding hydrogens is 260 g/mol. The van der Waals surface area contributed by atoms with Gasteiger partial charge in [-0.1, -0.05) is 43.2 Å². The summed E-state index contributed by atoms with van der Waals surface area (Å²) in [5.41, 5.74) is 7.42. The number of nitrogens with one attached hydrogen (secondary N) is 1. The maximum Gasteiger partial charge on any atom is 0.223 e. The Hall–Kier alpha value is -1.79. The van der Waals surface area contributed by atoms with Crippen LogP contribution in [0.5, 0.6) is 0 Å². The summed E-state index contributed by atoms with van der Waals surface area (Å²) in [6.45, 7) is 2.38. The largest absolute Gasteiger partial charge is 0.349 e. The molecule has 0 aliphatic heterocycles. The zero-order chi connectivity index (χ0) is 15.1. The lowest BCUT2D eigenvalue weighted by atomic mass is 9.88. The molecule has 3 N–H and O–H groups in total. The maximum absolute atomic E-state index is 12.3. The Morgan fingerprint density at radius 3 is 2.86 bits per heavy atom. The summed E-state index contributed by atoms with van der Waals surface area (Å²) in [5, 5.41) is 3.14. The molecule has 3 nitrogen and oxygen atoms in total. The number of carbonyl (C=O) groups is 1. The normalized spacial score (nSPS) is 16.7. The van der Waals surface area contributed by atoms with E-state index < -0.39 is 0 Å². The van der Waals surface area contributed by atoms with E-state index in [4.69, 9.17) is 5.73 Å². The van der Waals surface area contributed by atoms with Crippen LogP contribution in [-0.4, -0.2) is 12.5 Å². The molecule has 0 radical (unpaired) electrons. The van der Waals surface area contributed by atoms with E-state index in [0.29, 0.717) is 6.54 Å². The van der Waals surface area contributed by atoms with Gasteiger partial charge in [0, 0.05) is 11.5 Å². The van der Waals surface area contributed by atoms with E-state index in [2.05, 4.69) is 17.2 Å². The Morgan fingerprint density at radius 1 is 1.38 bits per heavy atom. The predicted molar refractivity (Wildman–Crippen MR) is 85.5 cm³/mol. The van der Waals surface area contributed by atoms with Crippen LogP contribution < -0.4 is 11.1 Å². The first-order chi connectivity index (χ1) is 10.2. The average molecular weight is 284 g/mol. The standard InChI is InChI=1S/C18H24N2O/c1-14(20-18(21)16-9-3-2-4-10-16)17-11-5-7-15(13-17)8-6-12-19/h5,7,11,13-14,16H,2-4,9-10,12,19H2,1H3,(H,20,21). The van der Waals surface area contributed by atoms with E-state index >= 15 is 0 Å². The molecule has 0 saturated heterocycles. The van der Waals surface area contributed by atoms with Crippen molar-refractivity contribution in [2.24, 2.45) is 11.7 Å². The van der Waals surface area contributed by atoms with Gasteiger partial charge < -0.3 is 11.1 Å².